The van der Waals surface area contributed by atoms with E-state index in [-0.39, 0.29) is 12.4 Å². The Hall–Kier alpha value is -0.440. The normalized spacial score (nSPS) is 15.6. The molecule has 1 aliphatic rings. The number of hydrogen-bond donors (Lipinski definition) is 1. The molecule has 96 valence electrons. The van der Waals surface area contributed by atoms with Crippen LogP contribution in [0.5, 0.6) is 5.75 Å². The maximum Gasteiger partial charge on any atom is 0.123 e. The molecule has 1 fully saturated rings. The third-order valence-electron chi connectivity index (χ3n) is 3.18. The van der Waals surface area contributed by atoms with Gasteiger partial charge >= 0.3 is 0 Å². The molecule has 1 aromatic rings. The lowest BCUT2D eigenvalue weighted by atomic mass is 10.1. The van der Waals surface area contributed by atoms with Gasteiger partial charge in [-0.25, -0.2) is 0 Å². The Kier molecular flexibility index (Phi) is 6.10. The largest absolute Gasteiger partial charge is 0.496 e. The molecule has 0 spiro atoms. The van der Waals surface area contributed by atoms with Gasteiger partial charge in [0.2, 0.25) is 0 Å². The van der Waals surface area contributed by atoms with Gasteiger partial charge < -0.3 is 10.1 Å². The van der Waals surface area contributed by atoms with Gasteiger partial charge in [0.05, 0.1) is 7.11 Å². The summed E-state index contributed by atoms with van der Waals surface area (Å²) in [5, 5.41) is 4.33. The van der Waals surface area contributed by atoms with Crippen LogP contribution in [0, 0.1) is 0 Å². The van der Waals surface area contributed by atoms with Crippen LogP contribution in [-0.4, -0.2) is 13.2 Å². The minimum atomic E-state index is 0. The lowest BCUT2D eigenvalue weighted by Gasteiger charge is -2.14. The first kappa shape index (κ1) is 14.6. The van der Waals surface area contributed by atoms with Crippen molar-refractivity contribution in [3.05, 3.63) is 28.8 Å². The molecule has 17 heavy (non-hydrogen) atoms. The minimum absolute atomic E-state index is 0. The smallest absolute Gasteiger partial charge is 0.123 e. The highest BCUT2D eigenvalue weighted by atomic mass is 35.5. The topological polar surface area (TPSA) is 21.3 Å². The zero-order chi connectivity index (χ0) is 11.4. The molecule has 0 radical (unpaired) electrons. The highest BCUT2D eigenvalue weighted by Crippen LogP contribution is 2.24. The Morgan fingerprint density at radius 1 is 1.35 bits per heavy atom. The van der Waals surface area contributed by atoms with E-state index in [0.29, 0.717) is 6.04 Å². The molecular weight excluding hydrogens is 257 g/mol. The Balaban J connectivity index is 0.00000144. The molecule has 1 N–H and O–H groups in total. The fourth-order valence-electron chi connectivity index (χ4n) is 2.27. The van der Waals surface area contributed by atoms with Crippen LogP contribution in [0.3, 0.4) is 0 Å². The van der Waals surface area contributed by atoms with Gasteiger partial charge in [0.25, 0.3) is 0 Å². The van der Waals surface area contributed by atoms with Crippen molar-refractivity contribution in [2.24, 2.45) is 0 Å². The maximum atomic E-state index is 5.99. The third kappa shape index (κ3) is 4.06. The summed E-state index contributed by atoms with van der Waals surface area (Å²) in [5.41, 5.74) is 1.14. The van der Waals surface area contributed by atoms with E-state index in [1.54, 1.807) is 7.11 Å². The average molecular weight is 276 g/mol. The summed E-state index contributed by atoms with van der Waals surface area (Å²) in [5.74, 6) is 0.912. The number of benzene rings is 1. The molecule has 0 aromatic heterocycles. The van der Waals surface area contributed by atoms with Gasteiger partial charge in [-0.15, -0.1) is 12.4 Å². The number of methoxy groups -OCH3 is 1. The van der Waals surface area contributed by atoms with Gasteiger partial charge in [0.1, 0.15) is 5.75 Å². The molecule has 1 saturated carbocycles. The van der Waals surface area contributed by atoms with Crippen molar-refractivity contribution in [3.63, 3.8) is 0 Å². The Labute approximate surface area is 114 Å². The van der Waals surface area contributed by atoms with E-state index in [2.05, 4.69) is 5.32 Å². The predicted octanol–water partition coefficient (Wildman–Crippen LogP) is 3.80. The Morgan fingerprint density at radius 2 is 2.06 bits per heavy atom. The number of rotatable bonds is 4. The molecule has 0 unspecified atom stereocenters. The van der Waals surface area contributed by atoms with Crippen molar-refractivity contribution < 1.29 is 4.74 Å². The van der Waals surface area contributed by atoms with Gasteiger partial charge in [-0.1, -0.05) is 24.4 Å². The first-order valence-electron chi connectivity index (χ1n) is 5.85. The summed E-state index contributed by atoms with van der Waals surface area (Å²) < 4.78 is 5.32. The van der Waals surface area contributed by atoms with Crippen LogP contribution in [0.4, 0.5) is 0 Å². The molecule has 0 heterocycles. The van der Waals surface area contributed by atoms with Crippen LogP contribution in [0.2, 0.25) is 5.02 Å². The van der Waals surface area contributed by atoms with Crippen LogP contribution in [-0.2, 0) is 6.54 Å². The molecule has 2 nitrogen and oxygen atoms in total. The zero-order valence-electron chi connectivity index (χ0n) is 10.0. The molecule has 0 atom stereocenters. The van der Waals surface area contributed by atoms with Crippen LogP contribution < -0.4 is 10.1 Å². The van der Waals surface area contributed by atoms with Gasteiger partial charge in [-0.2, -0.15) is 0 Å². The molecule has 0 saturated heterocycles. The Morgan fingerprint density at radius 3 is 2.71 bits per heavy atom. The summed E-state index contributed by atoms with van der Waals surface area (Å²) in [6.45, 7) is 0.842. The van der Waals surface area contributed by atoms with Crippen molar-refractivity contribution >= 4 is 24.0 Å². The highest BCUT2D eigenvalue weighted by molar-refractivity contribution is 6.30. The van der Waals surface area contributed by atoms with Crippen molar-refractivity contribution in [1.29, 1.82) is 0 Å². The van der Waals surface area contributed by atoms with Crippen LogP contribution in [0.1, 0.15) is 31.2 Å². The van der Waals surface area contributed by atoms with E-state index in [1.165, 1.54) is 25.7 Å². The average Bonchev–Trinajstić information content (AvgIpc) is 2.79. The number of ether oxygens (including phenoxy) is 1. The second kappa shape index (κ2) is 7.10. The molecule has 2 rings (SSSR count). The number of hydrogen-bond acceptors (Lipinski definition) is 2. The molecule has 0 amide bonds. The van der Waals surface area contributed by atoms with E-state index in [4.69, 9.17) is 16.3 Å². The summed E-state index contributed by atoms with van der Waals surface area (Å²) in [7, 11) is 1.70. The standard InChI is InChI=1S/C13H18ClNO.ClH/c1-16-13-7-6-11(14)8-10(13)9-15-12-4-2-3-5-12;/h6-8,12,15H,2-5,9H2,1H3;1H. The second-order valence-corrected chi connectivity index (χ2v) is 4.75. The van der Waals surface area contributed by atoms with Gasteiger partial charge in [0.15, 0.2) is 0 Å². The van der Waals surface area contributed by atoms with Crippen LogP contribution in [0.15, 0.2) is 18.2 Å². The summed E-state index contributed by atoms with van der Waals surface area (Å²) in [6, 6.07) is 6.43. The molecular formula is C13H19Cl2NO. The molecule has 4 heteroatoms. The van der Waals surface area contributed by atoms with E-state index >= 15 is 0 Å². The van der Waals surface area contributed by atoms with Gasteiger partial charge in [-0.05, 0) is 31.0 Å². The van der Waals surface area contributed by atoms with Crippen molar-refractivity contribution in [3.8, 4) is 5.75 Å². The number of halogens is 2. The number of nitrogens with one attached hydrogen (secondary N) is 1. The van der Waals surface area contributed by atoms with E-state index in [1.807, 2.05) is 18.2 Å². The van der Waals surface area contributed by atoms with Crippen molar-refractivity contribution in [1.82, 2.24) is 5.32 Å². The second-order valence-electron chi connectivity index (χ2n) is 4.32. The molecule has 1 aliphatic carbocycles. The van der Waals surface area contributed by atoms with Crippen molar-refractivity contribution in [2.45, 2.75) is 38.3 Å². The first-order valence-corrected chi connectivity index (χ1v) is 6.23. The summed E-state index contributed by atoms with van der Waals surface area (Å²) >= 11 is 5.99. The van der Waals surface area contributed by atoms with Crippen LogP contribution >= 0.6 is 24.0 Å². The van der Waals surface area contributed by atoms with E-state index < -0.39 is 0 Å². The fraction of sp³-hybridized carbons (Fsp3) is 0.538. The van der Waals surface area contributed by atoms with Gasteiger partial charge in [0, 0.05) is 23.2 Å². The fourth-order valence-corrected chi connectivity index (χ4v) is 2.46. The summed E-state index contributed by atoms with van der Waals surface area (Å²) in [4.78, 5) is 0. The summed E-state index contributed by atoms with van der Waals surface area (Å²) in [6.07, 6.45) is 5.29. The highest BCUT2D eigenvalue weighted by Gasteiger charge is 2.14. The van der Waals surface area contributed by atoms with Crippen LogP contribution in [0.25, 0.3) is 0 Å². The van der Waals surface area contributed by atoms with E-state index in [0.717, 1.165) is 22.9 Å². The molecule has 0 aliphatic heterocycles. The van der Waals surface area contributed by atoms with Gasteiger partial charge in [-0.3, -0.25) is 0 Å². The Bertz CT molecular complexity index is 351. The predicted molar refractivity (Wildman–Crippen MR) is 74.3 cm³/mol. The monoisotopic (exact) mass is 275 g/mol. The minimum Gasteiger partial charge on any atom is -0.496 e. The van der Waals surface area contributed by atoms with Crippen molar-refractivity contribution in [2.75, 3.05) is 7.11 Å². The quantitative estimate of drug-likeness (QED) is 0.903. The maximum absolute atomic E-state index is 5.99. The molecule has 0 bridgehead atoms. The van der Waals surface area contributed by atoms with E-state index in [9.17, 15) is 0 Å². The molecule has 1 aromatic carbocycles. The first-order chi connectivity index (χ1) is 7.79. The lowest BCUT2D eigenvalue weighted by molar-refractivity contribution is 0.405. The SMILES string of the molecule is COc1ccc(Cl)cc1CNC1CCCC1.Cl. The lowest BCUT2D eigenvalue weighted by Crippen LogP contribution is -2.25. The zero-order valence-corrected chi connectivity index (χ0v) is 11.6. The third-order valence-corrected chi connectivity index (χ3v) is 3.41.